The van der Waals surface area contributed by atoms with Crippen LogP contribution in [0.4, 0.5) is 5.82 Å². The van der Waals surface area contributed by atoms with E-state index in [9.17, 15) is 9.59 Å². The van der Waals surface area contributed by atoms with E-state index < -0.39 is 11.9 Å². The quantitative estimate of drug-likeness (QED) is 0.698. The van der Waals surface area contributed by atoms with Gasteiger partial charge in [-0.1, -0.05) is 0 Å². The Balaban J connectivity index is 2.10. The molecule has 17 heavy (non-hydrogen) atoms. The van der Waals surface area contributed by atoms with Crippen LogP contribution in [0.25, 0.3) is 0 Å². The zero-order valence-corrected chi connectivity index (χ0v) is 8.84. The molecule has 0 aromatic carbocycles. The van der Waals surface area contributed by atoms with Gasteiger partial charge in [0, 0.05) is 19.3 Å². The second-order valence-electron chi connectivity index (χ2n) is 3.35. The van der Waals surface area contributed by atoms with Crippen LogP contribution in [-0.4, -0.2) is 36.7 Å². The molecule has 0 radical (unpaired) electrons. The molecule has 8 nitrogen and oxygen atoms in total. The molecule has 0 aliphatic carbocycles. The van der Waals surface area contributed by atoms with E-state index in [2.05, 4.69) is 20.5 Å². The number of rotatable bonds is 3. The molecule has 0 fully saturated rings. The van der Waals surface area contributed by atoms with Crippen molar-refractivity contribution in [2.75, 3.05) is 5.32 Å². The van der Waals surface area contributed by atoms with Gasteiger partial charge in [-0.3, -0.25) is 9.89 Å². The molecule has 2 rings (SSSR count). The summed E-state index contributed by atoms with van der Waals surface area (Å²) in [5.74, 6) is -1.46. The molecule has 8 heteroatoms. The summed E-state index contributed by atoms with van der Waals surface area (Å²) < 4.78 is 1.63. The number of nitrogens with zero attached hydrogens (tertiary/aromatic N) is 3. The lowest BCUT2D eigenvalue weighted by Crippen LogP contribution is -2.12. The number of anilines is 1. The molecule has 0 unspecified atom stereocenters. The first kappa shape index (κ1) is 10.9. The topological polar surface area (TPSA) is 113 Å². The maximum absolute atomic E-state index is 11.6. The molecule has 0 saturated heterocycles. The van der Waals surface area contributed by atoms with E-state index >= 15 is 0 Å². The van der Waals surface area contributed by atoms with E-state index in [4.69, 9.17) is 5.11 Å². The van der Waals surface area contributed by atoms with Gasteiger partial charge in [-0.2, -0.15) is 5.10 Å². The van der Waals surface area contributed by atoms with E-state index in [1.165, 1.54) is 12.4 Å². The van der Waals surface area contributed by atoms with E-state index in [1.54, 1.807) is 17.8 Å². The van der Waals surface area contributed by atoms with Crippen molar-refractivity contribution < 1.29 is 14.7 Å². The highest BCUT2D eigenvalue weighted by atomic mass is 16.4. The van der Waals surface area contributed by atoms with Crippen LogP contribution in [0.15, 0.2) is 18.6 Å². The molecular formula is C9H9N5O3. The number of H-pyrrole nitrogens is 1. The fourth-order valence-corrected chi connectivity index (χ4v) is 1.21. The summed E-state index contributed by atoms with van der Waals surface area (Å²) in [6, 6.07) is 1.23. The number of hydrogen-bond donors (Lipinski definition) is 3. The lowest BCUT2D eigenvalue weighted by atomic mass is 10.4. The summed E-state index contributed by atoms with van der Waals surface area (Å²) in [7, 11) is 1.74. The zero-order valence-electron chi connectivity index (χ0n) is 8.84. The predicted octanol–water partition coefficient (Wildman–Crippen LogP) is 0.0937. The Morgan fingerprint density at radius 2 is 2.29 bits per heavy atom. The summed E-state index contributed by atoms with van der Waals surface area (Å²) in [4.78, 5) is 26.0. The molecular weight excluding hydrogens is 226 g/mol. The average molecular weight is 235 g/mol. The van der Waals surface area contributed by atoms with E-state index in [1.807, 2.05) is 0 Å². The molecule has 0 saturated carbocycles. The third-order valence-corrected chi connectivity index (χ3v) is 1.99. The van der Waals surface area contributed by atoms with Crippen LogP contribution in [-0.2, 0) is 7.05 Å². The lowest BCUT2D eigenvalue weighted by Gasteiger charge is -1.96. The van der Waals surface area contributed by atoms with Crippen LogP contribution in [0.3, 0.4) is 0 Å². The van der Waals surface area contributed by atoms with Gasteiger partial charge in [0.2, 0.25) is 0 Å². The molecule has 0 bridgehead atoms. The van der Waals surface area contributed by atoms with Crippen molar-refractivity contribution >= 4 is 17.7 Å². The first-order valence-electron chi connectivity index (χ1n) is 4.64. The first-order chi connectivity index (χ1) is 8.06. The minimum absolute atomic E-state index is 0.0960. The van der Waals surface area contributed by atoms with Gasteiger partial charge in [0.25, 0.3) is 5.91 Å². The van der Waals surface area contributed by atoms with Crippen LogP contribution in [0.2, 0.25) is 0 Å². The SMILES string of the molecule is Cn1cnc(C(=O)Nc2cc(C(=O)O)[nH]n2)c1. The molecule has 0 aliphatic heterocycles. The number of hydrogen-bond acceptors (Lipinski definition) is 4. The Kier molecular flexibility index (Phi) is 2.61. The van der Waals surface area contributed by atoms with Crippen LogP contribution in [0, 0.1) is 0 Å². The van der Waals surface area contributed by atoms with Gasteiger partial charge in [0.15, 0.2) is 5.82 Å². The smallest absolute Gasteiger partial charge is 0.353 e. The van der Waals surface area contributed by atoms with Crippen LogP contribution < -0.4 is 5.32 Å². The molecule has 3 N–H and O–H groups in total. The Hall–Kier alpha value is -2.64. The minimum atomic E-state index is -1.14. The van der Waals surface area contributed by atoms with E-state index in [-0.39, 0.29) is 17.2 Å². The molecule has 0 spiro atoms. The summed E-state index contributed by atoms with van der Waals surface area (Å²) in [5.41, 5.74) is 0.133. The van der Waals surface area contributed by atoms with Gasteiger partial charge < -0.3 is 15.0 Å². The fraction of sp³-hybridized carbons (Fsp3) is 0.111. The number of aromatic amines is 1. The van der Waals surface area contributed by atoms with Gasteiger partial charge in [-0.25, -0.2) is 9.78 Å². The molecule has 0 atom stereocenters. The Morgan fingerprint density at radius 1 is 1.53 bits per heavy atom. The Bertz CT molecular complexity index is 571. The Labute approximate surface area is 95.3 Å². The second kappa shape index (κ2) is 4.08. The average Bonchev–Trinajstić information content (AvgIpc) is 2.86. The molecule has 0 aliphatic rings. The minimum Gasteiger partial charge on any atom is -0.477 e. The van der Waals surface area contributed by atoms with Gasteiger partial charge in [0.05, 0.1) is 6.33 Å². The van der Waals surface area contributed by atoms with E-state index in [0.717, 1.165) is 0 Å². The van der Waals surface area contributed by atoms with Crippen molar-refractivity contribution in [1.29, 1.82) is 0 Å². The van der Waals surface area contributed by atoms with Crippen molar-refractivity contribution in [1.82, 2.24) is 19.7 Å². The molecule has 2 aromatic heterocycles. The maximum Gasteiger partial charge on any atom is 0.353 e. The number of carboxylic acids is 1. The molecule has 2 heterocycles. The van der Waals surface area contributed by atoms with E-state index in [0.29, 0.717) is 0 Å². The number of carbonyl (C=O) groups excluding carboxylic acids is 1. The van der Waals surface area contributed by atoms with Gasteiger partial charge >= 0.3 is 5.97 Å². The largest absolute Gasteiger partial charge is 0.477 e. The summed E-state index contributed by atoms with van der Waals surface area (Å²) >= 11 is 0. The standard InChI is InChI=1S/C9H9N5O3/c1-14-3-6(10-4-14)8(15)11-7-2-5(9(16)17)12-13-7/h2-4H,1H3,(H,16,17)(H2,11,12,13,15). The predicted molar refractivity (Wildman–Crippen MR) is 56.7 cm³/mol. The highest BCUT2D eigenvalue weighted by molar-refractivity contribution is 6.02. The highest BCUT2D eigenvalue weighted by Gasteiger charge is 2.12. The monoisotopic (exact) mass is 235 g/mol. The lowest BCUT2D eigenvalue weighted by molar-refractivity contribution is 0.0690. The molecule has 88 valence electrons. The summed E-state index contributed by atoms with van der Waals surface area (Å²) in [6.07, 6.45) is 3.03. The van der Waals surface area contributed by atoms with Crippen molar-refractivity contribution in [3.8, 4) is 0 Å². The number of aromatic nitrogens is 4. The maximum atomic E-state index is 11.6. The van der Waals surface area contributed by atoms with Crippen molar-refractivity contribution in [3.05, 3.63) is 30.0 Å². The molecule has 1 amide bonds. The normalized spacial score (nSPS) is 10.2. The third kappa shape index (κ3) is 2.30. The number of aromatic carboxylic acids is 1. The first-order valence-corrected chi connectivity index (χ1v) is 4.64. The number of carboxylic acid groups (broad SMARTS) is 1. The van der Waals surface area contributed by atoms with Crippen molar-refractivity contribution in [3.63, 3.8) is 0 Å². The van der Waals surface area contributed by atoms with Gasteiger partial charge in [0.1, 0.15) is 11.4 Å². The molecule has 2 aromatic rings. The second-order valence-corrected chi connectivity index (χ2v) is 3.35. The number of nitrogens with one attached hydrogen (secondary N) is 2. The third-order valence-electron chi connectivity index (χ3n) is 1.99. The van der Waals surface area contributed by atoms with Gasteiger partial charge in [-0.15, -0.1) is 0 Å². The highest BCUT2D eigenvalue weighted by Crippen LogP contribution is 2.07. The zero-order chi connectivity index (χ0) is 12.4. The van der Waals surface area contributed by atoms with Crippen LogP contribution in [0.1, 0.15) is 21.0 Å². The number of amides is 1. The number of carbonyl (C=O) groups is 2. The summed E-state index contributed by atoms with van der Waals surface area (Å²) in [5, 5.41) is 17.0. The van der Waals surface area contributed by atoms with Gasteiger partial charge in [-0.05, 0) is 0 Å². The van der Waals surface area contributed by atoms with Crippen LogP contribution in [0.5, 0.6) is 0 Å². The Morgan fingerprint density at radius 3 is 2.82 bits per heavy atom. The summed E-state index contributed by atoms with van der Waals surface area (Å²) in [6.45, 7) is 0. The number of aryl methyl sites for hydroxylation is 1. The van der Waals surface area contributed by atoms with Crippen LogP contribution >= 0.6 is 0 Å². The van der Waals surface area contributed by atoms with Crippen molar-refractivity contribution in [2.45, 2.75) is 0 Å². The fourth-order valence-electron chi connectivity index (χ4n) is 1.21. The van der Waals surface area contributed by atoms with Crippen molar-refractivity contribution in [2.24, 2.45) is 7.05 Å². The number of imidazole rings is 1.